The molecule has 0 aromatic rings. The third-order valence-corrected chi connectivity index (χ3v) is 1.95. The number of hydrogen-bond donors (Lipinski definition) is 1. The fraction of sp³-hybridized carbons (Fsp3) is 0.636. The molecule has 0 aromatic heterocycles. The SMILES string of the molecule is CCOC(=O)CC(=O)CC(C(=O)O)C(=O)OCC. The highest BCUT2D eigenvalue weighted by Crippen LogP contribution is 2.09. The average molecular weight is 260 g/mol. The molecule has 0 radical (unpaired) electrons. The number of esters is 2. The number of carboxylic acid groups (broad SMARTS) is 1. The van der Waals surface area contributed by atoms with Gasteiger partial charge in [0.2, 0.25) is 0 Å². The largest absolute Gasteiger partial charge is 0.481 e. The Morgan fingerprint density at radius 1 is 1.06 bits per heavy atom. The van der Waals surface area contributed by atoms with Gasteiger partial charge in [-0.15, -0.1) is 0 Å². The van der Waals surface area contributed by atoms with Crippen molar-refractivity contribution in [2.45, 2.75) is 26.7 Å². The first-order chi connectivity index (χ1) is 8.42. The molecule has 1 atom stereocenters. The van der Waals surface area contributed by atoms with E-state index in [4.69, 9.17) is 5.11 Å². The Balaban J connectivity index is 4.41. The maximum absolute atomic E-state index is 11.4. The summed E-state index contributed by atoms with van der Waals surface area (Å²) in [5, 5.41) is 8.79. The Hall–Kier alpha value is -1.92. The number of aliphatic carboxylic acids is 1. The van der Waals surface area contributed by atoms with Crippen LogP contribution < -0.4 is 0 Å². The summed E-state index contributed by atoms with van der Waals surface area (Å²) in [5.41, 5.74) is 0. The van der Waals surface area contributed by atoms with E-state index in [0.717, 1.165) is 0 Å². The molecule has 0 aromatic carbocycles. The quantitative estimate of drug-likeness (QED) is 0.489. The molecule has 0 spiro atoms. The Morgan fingerprint density at radius 3 is 2.06 bits per heavy atom. The van der Waals surface area contributed by atoms with Crippen LogP contribution in [-0.2, 0) is 28.7 Å². The van der Waals surface area contributed by atoms with Crippen LogP contribution in [0.5, 0.6) is 0 Å². The van der Waals surface area contributed by atoms with Gasteiger partial charge in [-0.3, -0.25) is 19.2 Å². The van der Waals surface area contributed by atoms with E-state index in [2.05, 4.69) is 9.47 Å². The van der Waals surface area contributed by atoms with Crippen molar-refractivity contribution in [3.63, 3.8) is 0 Å². The van der Waals surface area contributed by atoms with E-state index in [9.17, 15) is 19.2 Å². The maximum Gasteiger partial charge on any atom is 0.320 e. The zero-order valence-electron chi connectivity index (χ0n) is 10.3. The molecule has 7 nitrogen and oxygen atoms in total. The fourth-order valence-electron chi connectivity index (χ4n) is 1.19. The van der Waals surface area contributed by atoms with Gasteiger partial charge in [-0.25, -0.2) is 0 Å². The Kier molecular flexibility index (Phi) is 7.34. The lowest BCUT2D eigenvalue weighted by atomic mass is 10.0. The van der Waals surface area contributed by atoms with E-state index in [1.165, 1.54) is 6.92 Å². The van der Waals surface area contributed by atoms with Crippen LogP contribution >= 0.6 is 0 Å². The first-order valence-corrected chi connectivity index (χ1v) is 5.49. The topological polar surface area (TPSA) is 107 Å². The number of rotatable bonds is 8. The van der Waals surface area contributed by atoms with Crippen LogP contribution in [-0.4, -0.2) is 42.0 Å². The molecule has 7 heteroatoms. The standard InChI is InChI=1S/C11H16O7/c1-3-17-9(13)6-7(12)5-8(10(14)15)11(16)18-4-2/h8H,3-6H2,1-2H3,(H,14,15). The van der Waals surface area contributed by atoms with Crippen LogP contribution in [0.15, 0.2) is 0 Å². The van der Waals surface area contributed by atoms with Crippen molar-refractivity contribution in [3.8, 4) is 0 Å². The van der Waals surface area contributed by atoms with Crippen molar-refractivity contribution in [3.05, 3.63) is 0 Å². The van der Waals surface area contributed by atoms with Crippen LogP contribution in [0.1, 0.15) is 26.7 Å². The molecule has 102 valence electrons. The lowest BCUT2D eigenvalue weighted by Crippen LogP contribution is -2.29. The van der Waals surface area contributed by atoms with Gasteiger partial charge in [0, 0.05) is 6.42 Å². The Morgan fingerprint density at radius 2 is 1.61 bits per heavy atom. The van der Waals surface area contributed by atoms with E-state index in [1.54, 1.807) is 6.92 Å². The highest BCUT2D eigenvalue weighted by atomic mass is 16.5. The van der Waals surface area contributed by atoms with Crippen molar-refractivity contribution < 1.29 is 33.8 Å². The van der Waals surface area contributed by atoms with Gasteiger partial charge >= 0.3 is 17.9 Å². The summed E-state index contributed by atoms with van der Waals surface area (Å²) >= 11 is 0. The Labute approximate surface area is 104 Å². The van der Waals surface area contributed by atoms with Crippen LogP contribution in [0.25, 0.3) is 0 Å². The van der Waals surface area contributed by atoms with Crippen molar-refractivity contribution >= 4 is 23.7 Å². The molecule has 0 aliphatic rings. The van der Waals surface area contributed by atoms with Crippen molar-refractivity contribution in [1.29, 1.82) is 0 Å². The minimum absolute atomic E-state index is 0.0225. The van der Waals surface area contributed by atoms with Crippen LogP contribution in [0, 0.1) is 5.92 Å². The number of ether oxygens (including phenoxy) is 2. The molecule has 0 aliphatic heterocycles. The summed E-state index contributed by atoms with van der Waals surface area (Å²) in [4.78, 5) is 44.4. The van der Waals surface area contributed by atoms with Gasteiger partial charge in [0.15, 0.2) is 5.92 Å². The van der Waals surface area contributed by atoms with Crippen LogP contribution in [0.4, 0.5) is 0 Å². The second-order valence-corrected chi connectivity index (χ2v) is 3.37. The zero-order chi connectivity index (χ0) is 14.1. The first kappa shape index (κ1) is 16.1. The molecule has 0 aliphatic carbocycles. The van der Waals surface area contributed by atoms with E-state index < -0.39 is 42.5 Å². The van der Waals surface area contributed by atoms with Gasteiger partial charge in [0.25, 0.3) is 0 Å². The van der Waals surface area contributed by atoms with E-state index in [-0.39, 0.29) is 13.2 Å². The van der Waals surface area contributed by atoms with E-state index in [1.807, 2.05) is 0 Å². The van der Waals surface area contributed by atoms with Gasteiger partial charge in [-0.05, 0) is 13.8 Å². The molecule has 0 fully saturated rings. The predicted molar refractivity (Wildman–Crippen MR) is 58.6 cm³/mol. The summed E-state index contributed by atoms with van der Waals surface area (Å²) in [5.74, 6) is -5.43. The lowest BCUT2D eigenvalue weighted by Gasteiger charge is -2.10. The van der Waals surface area contributed by atoms with Gasteiger partial charge in [-0.1, -0.05) is 0 Å². The summed E-state index contributed by atoms with van der Waals surface area (Å²) in [6, 6.07) is 0. The smallest absolute Gasteiger partial charge is 0.320 e. The second-order valence-electron chi connectivity index (χ2n) is 3.37. The molecule has 0 saturated heterocycles. The predicted octanol–water partition coefficient (Wildman–Crippen LogP) is 0.163. The molecule has 0 heterocycles. The first-order valence-electron chi connectivity index (χ1n) is 5.49. The molecule has 1 unspecified atom stereocenters. The molecule has 18 heavy (non-hydrogen) atoms. The molecule has 0 bridgehead atoms. The monoisotopic (exact) mass is 260 g/mol. The average Bonchev–Trinajstić information content (AvgIpc) is 2.25. The van der Waals surface area contributed by atoms with Crippen LogP contribution in [0.2, 0.25) is 0 Å². The number of hydrogen-bond acceptors (Lipinski definition) is 6. The summed E-state index contributed by atoms with van der Waals surface area (Å²) in [7, 11) is 0. The maximum atomic E-state index is 11.4. The van der Waals surface area contributed by atoms with Gasteiger partial charge < -0.3 is 14.6 Å². The molecule has 0 saturated carbocycles. The molecular weight excluding hydrogens is 244 g/mol. The summed E-state index contributed by atoms with van der Waals surface area (Å²) in [6.07, 6.45) is -1.12. The molecule has 0 amide bonds. The Bertz CT molecular complexity index is 334. The fourth-order valence-corrected chi connectivity index (χ4v) is 1.19. The summed E-state index contributed by atoms with van der Waals surface area (Å²) < 4.78 is 9.07. The number of carbonyl (C=O) groups excluding carboxylic acids is 3. The normalized spacial score (nSPS) is 11.4. The highest BCUT2D eigenvalue weighted by Gasteiger charge is 2.30. The van der Waals surface area contributed by atoms with Crippen LogP contribution in [0.3, 0.4) is 0 Å². The number of carboxylic acids is 1. The van der Waals surface area contributed by atoms with E-state index in [0.29, 0.717) is 0 Å². The third-order valence-electron chi connectivity index (χ3n) is 1.95. The van der Waals surface area contributed by atoms with Crippen molar-refractivity contribution in [1.82, 2.24) is 0 Å². The zero-order valence-corrected chi connectivity index (χ0v) is 10.3. The van der Waals surface area contributed by atoms with Crippen molar-refractivity contribution in [2.24, 2.45) is 5.92 Å². The number of Topliss-reactive ketones (excluding diaryl/α,β-unsaturated/α-hetero) is 1. The minimum atomic E-state index is -1.58. The molecule has 0 rings (SSSR count). The number of ketones is 1. The third kappa shape index (κ3) is 5.97. The van der Waals surface area contributed by atoms with Gasteiger partial charge in [-0.2, -0.15) is 0 Å². The lowest BCUT2D eigenvalue weighted by molar-refractivity contribution is -0.161. The van der Waals surface area contributed by atoms with Crippen molar-refractivity contribution in [2.75, 3.05) is 13.2 Å². The summed E-state index contributed by atoms with van der Waals surface area (Å²) in [6.45, 7) is 3.26. The second kappa shape index (κ2) is 8.21. The minimum Gasteiger partial charge on any atom is -0.481 e. The van der Waals surface area contributed by atoms with Gasteiger partial charge in [0.05, 0.1) is 13.2 Å². The number of carbonyl (C=O) groups is 4. The molecular formula is C11H16O7. The van der Waals surface area contributed by atoms with Gasteiger partial charge in [0.1, 0.15) is 12.2 Å². The molecule has 1 N–H and O–H groups in total. The highest BCUT2D eigenvalue weighted by molar-refractivity contribution is 6.02. The van der Waals surface area contributed by atoms with E-state index >= 15 is 0 Å².